The number of thiophene rings is 1. The molecule has 7 heteroatoms. The molecule has 0 saturated heterocycles. The van der Waals surface area contributed by atoms with Crippen molar-refractivity contribution in [1.82, 2.24) is 15.2 Å². The quantitative estimate of drug-likeness (QED) is 0.514. The Bertz CT molecular complexity index is 1020. The number of carbonyl (C=O) groups excluding carboxylic acids is 1. The third-order valence-electron chi connectivity index (χ3n) is 4.29. The highest BCUT2D eigenvalue weighted by Gasteiger charge is 2.19. The zero-order valence-electron chi connectivity index (χ0n) is 15.0. The Hall–Kier alpha value is -2.48. The van der Waals surface area contributed by atoms with Gasteiger partial charge in [-0.1, -0.05) is 18.2 Å². The minimum atomic E-state index is -0.217. The zero-order valence-corrected chi connectivity index (χ0v) is 16.6. The van der Waals surface area contributed by atoms with E-state index in [0.29, 0.717) is 18.1 Å². The average Bonchev–Trinajstić information content (AvgIpc) is 3.40. The molecule has 0 fully saturated rings. The summed E-state index contributed by atoms with van der Waals surface area (Å²) in [4.78, 5) is 20.4. The summed E-state index contributed by atoms with van der Waals surface area (Å²) in [7, 11) is 4.02. The number of likely N-dealkylation sites (N-methyl/N-ethyl adjacent to an activating group) is 1. The first kappa shape index (κ1) is 17.9. The molecule has 0 spiro atoms. The maximum Gasteiger partial charge on any atom is 0.287 e. The van der Waals surface area contributed by atoms with E-state index in [-0.39, 0.29) is 11.9 Å². The molecule has 0 radical (unpaired) electrons. The number of rotatable bonds is 6. The van der Waals surface area contributed by atoms with Crippen LogP contribution in [-0.2, 0) is 0 Å². The second-order valence-corrected chi connectivity index (χ2v) is 8.37. The molecule has 0 bridgehead atoms. The van der Waals surface area contributed by atoms with Gasteiger partial charge in [0, 0.05) is 11.4 Å². The first-order chi connectivity index (χ1) is 13.1. The van der Waals surface area contributed by atoms with Gasteiger partial charge in [0.2, 0.25) is 0 Å². The molecule has 0 aliphatic heterocycles. The van der Waals surface area contributed by atoms with Crippen molar-refractivity contribution in [2.24, 2.45) is 0 Å². The van der Waals surface area contributed by atoms with Crippen molar-refractivity contribution in [3.05, 3.63) is 64.5 Å². The molecule has 3 heterocycles. The summed E-state index contributed by atoms with van der Waals surface area (Å²) in [5, 5.41) is 5.80. The molecule has 0 aliphatic carbocycles. The molecule has 1 N–H and O–H groups in total. The largest absolute Gasteiger partial charge is 0.448 e. The van der Waals surface area contributed by atoms with Crippen LogP contribution in [0.1, 0.15) is 21.5 Å². The number of nitrogens with zero attached hydrogens (tertiary/aromatic N) is 2. The summed E-state index contributed by atoms with van der Waals surface area (Å²) in [6.07, 6.45) is 0. The van der Waals surface area contributed by atoms with Crippen molar-refractivity contribution in [2.75, 3.05) is 20.6 Å². The van der Waals surface area contributed by atoms with Gasteiger partial charge in [0.1, 0.15) is 0 Å². The van der Waals surface area contributed by atoms with Gasteiger partial charge in [0.25, 0.3) is 5.91 Å². The Balaban J connectivity index is 1.47. The maximum atomic E-state index is 12.5. The molecule has 4 rings (SSSR count). The SMILES string of the molecule is CN(C)C(CNC(=O)c1ccc(-c2nc3ccccc3s2)o1)c1cccs1. The van der Waals surface area contributed by atoms with Gasteiger partial charge < -0.3 is 14.6 Å². The molecule has 5 nitrogen and oxygen atoms in total. The normalized spacial score (nSPS) is 12.6. The fraction of sp³-hybridized carbons (Fsp3) is 0.200. The Morgan fingerprint density at radius 2 is 2.04 bits per heavy atom. The van der Waals surface area contributed by atoms with Crippen LogP contribution < -0.4 is 5.32 Å². The van der Waals surface area contributed by atoms with Crippen LogP contribution in [0.4, 0.5) is 0 Å². The lowest BCUT2D eigenvalue weighted by atomic mass is 10.2. The zero-order chi connectivity index (χ0) is 18.8. The van der Waals surface area contributed by atoms with Gasteiger partial charge in [-0.2, -0.15) is 0 Å². The third-order valence-corrected chi connectivity index (χ3v) is 6.31. The fourth-order valence-corrected chi connectivity index (χ4v) is 4.70. The van der Waals surface area contributed by atoms with Gasteiger partial charge in [-0.25, -0.2) is 4.98 Å². The molecule has 4 aromatic rings. The van der Waals surface area contributed by atoms with Crippen LogP contribution in [-0.4, -0.2) is 36.4 Å². The summed E-state index contributed by atoms with van der Waals surface area (Å²) >= 11 is 3.24. The number of nitrogens with one attached hydrogen (secondary N) is 1. The number of fused-ring (bicyclic) bond motifs is 1. The van der Waals surface area contributed by atoms with Gasteiger partial charge in [0.15, 0.2) is 16.5 Å². The molecule has 1 unspecified atom stereocenters. The summed E-state index contributed by atoms with van der Waals surface area (Å²) in [5.41, 5.74) is 0.935. The van der Waals surface area contributed by atoms with Gasteiger partial charge in [-0.3, -0.25) is 4.79 Å². The molecule has 27 heavy (non-hydrogen) atoms. The highest BCUT2D eigenvalue weighted by molar-refractivity contribution is 7.21. The van der Waals surface area contributed by atoms with Crippen molar-refractivity contribution >= 4 is 38.8 Å². The number of furan rings is 1. The van der Waals surface area contributed by atoms with E-state index in [2.05, 4.69) is 21.3 Å². The highest BCUT2D eigenvalue weighted by atomic mass is 32.1. The van der Waals surface area contributed by atoms with Gasteiger partial charge >= 0.3 is 0 Å². The van der Waals surface area contributed by atoms with Crippen LogP contribution in [0, 0.1) is 0 Å². The molecule has 0 saturated carbocycles. The van der Waals surface area contributed by atoms with Crippen molar-refractivity contribution in [1.29, 1.82) is 0 Å². The molecule has 1 atom stereocenters. The van der Waals surface area contributed by atoms with Crippen molar-refractivity contribution in [3.8, 4) is 10.8 Å². The van der Waals surface area contributed by atoms with E-state index < -0.39 is 0 Å². The number of amides is 1. The van der Waals surface area contributed by atoms with Gasteiger partial charge in [0.05, 0.1) is 16.3 Å². The van der Waals surface area contributed by atoms with E-state index in [1.807, 2.05) is 49.8 Å². The number of aromatic nitrogens is 1. The Labute approximate surface area is 165 Å². The second-order valence-electron chi connectivity index (χ2n) is 6.36. The van der Waals surface area contributed by atoms with Gasteiger partial charge in [-0.05, 0) is 49.8 Å². The molecular weight excluding hydrogens is 378 g/mol. The van der Waals surface area contributed by atoms with Crippen LogP contribution in [0.5, 0.6) is 0 Å². The number of para-hydroxylation sites is 1. The van der Waals surface area contributed by atoms with Crippen LogP contribution in [0.25, 0.3) is 21.0 Å². The molecule has 1 amide bonds. The van der Waals surface area contributed by atoms with E-state index in [1.165, 1.54) is 4.88 Å². The number of thiazole rings is 1. The van der Waals surface area contributed by atoms with Crippen LogP contribution in [0.2, 0.25) is 0 Å². The first-order valence-corrected chi connectivity index (χ1v) is 10.3. The monoisotopic (exact) mass is 397 g/mol. The lowest BCUT2D eigenvalue weighted by molar-refractivity contribution is 0.0915. The Morgan fingerprint density at radius 1 is 1.19 bits per heavy atom. The highest BCUT2D eigenvalue weighted by Crippen LogP contribution is 2.31. The summed E-state index contributed by atoms with van der Waals surface area (Å²) in [5.74, 6) is 0.697. The topological polar surface area (TPSA) is 58.4 Å². The summed E-state index contributed by atoms with van der Waals surface area (Å²) in [6.45, 7) is 0.517. The molecular formula is C20H19N3O2S2. The van der Waals surface area contributed by atoms with Crippen molar-refractivity contribution in [3.63, 3.8) is 0 Å². The average molecular weight is 398 g/mol. The van der Waals surface area contributed by atoms with Crippen LogP contribution in [0.15, 0.2) is 58.3 Å². The van der Waals surface area contributed by atoms with E-state index in [4.69, 9.17) is 4.42 Å². The summed E-state index contributed by atoms with van der Waals surface area (Å²) in [6, 6.07) is 15.7. The third kappa shape index (κ3) is 3.80. The maximum absolute atomic E-state index is 12.5. The Morgan fingerprint density at radius 3 is 2.78 bits per heavy atom. The molecule has 3 aromatic heterocycles. The number of benzene rings is 1. The lowest BCUT2D eigenvalue weighted by Crippen LogP contribution is -2.34. The van der Waals surface area contributed by atoms with Crippen molar-refractivity contribution < 1.29 is 9.21 Å². The smallest absolute Gasteiger partial charge is 0.287 e. The second kappa shape index (κ2) is 7.64. The van der Waals surface area contributed by atoms with Crippen LogP contribution >= 0.6 is 22.7 Å². The minimum absolute atomic E-state index is 0.132. The number of hydrogen-bond acceptors (Lipinski definition) is 6. The number of carbonyl (C=O) groups is 1. The van der Waals surface area contributed by atoms with Crippen molar-refractivity contribution in [2.45, 2.75) is 6.04 Å². The Kier molecular flexibility index (Phi) is 5.07. The standard InChI is InChI=1S/C20H19N3O2S2/c1-23(2)14(18-8-5-11-26-18)12-21-19(24)15-9-10-16(25-15)20-22-13-6-3-4-7-17(13)27-20/h3-11,14H,12H2,1-2H3,(H,21,24). The lowest BCUT2D eigenvalue weighted by Gasteiger charge is -2.23. The fourth-order valence-electron chi connectivity index (χ4n) is 2.85. The van der Waals surface area contributed by atoms with E-state index in [1.54, 1.807) is 34.8 Å². The van der Waals surface area contributed by atoms with Crippen LogP contribution in [0.3, 0.4) is 0 Å². The molecule has 1 aromatic carbocycles. The van der Waals surface area contributed by atoms with E-state index >= 15 is 0 Å². The van der Waals surface area contributed by atoms with E-state index in [9.17, 15) is 4.79 Å². The summed E-state index contributed by atoms with van der Waals surface area (Å²) < 4.78 is 6.87. The van der Waals surface area contributed by atoms with E-state index in [0.717, 1.165) is 15.2 Å². The number of hydrogen-bond donors (Lipinski definition) is 1. The predicted octanol–water partition coefficient (Wildman–Crippen LogP) is 4.65. The minimum Gasteiger partial charge on any atom is -0.448 e. The predicted molar refractivity (Wildman–Crippen MR) is 110 cm³/mol. The molecule has 138 valence electrons. The first-order valence-electron chi connectivity index (χ1n) is 8.55. The molecule has 0 aliphatic rings. The van der Waals surface area contributed by atoms with Gasteiger partial charge in [-0.15, -0.1) is 22.7 Å².